The van der Waals surface area contributed by atoms with Gasteiger partial charge in [-0.2, -0.15) is 0 Å². The number of benzene rings is 2. The fourth-order valence-corrected chi connectivity index (χ4v) is 2.82. The van der Waals surface area contributed by atoms with Crippen LogP contribution in [0.5, 0.6) is 5.75 Å². The van der Waals surface area contributed by atoms with E-state index >= 15 is 0 Å². The lowest BCUT2D eigenvalue weighted by molar-refractivity contribution is 0.0966. The predicted octanol–water partition coefficient (Wildman–Crippen LogP) is 3.86. The van der Waals surface area contributed by atoms with Gasteiger partial charge in [-0.15, -0.1) is 0 Å². The van der Waals surface area contributed by atoms with E-state index in [-0.39, 0.29) is 6.10 Å². The third-order valence-electron chi connectivity index (χ3n) is 3.93. The van der Waals surface area contributed by atoms with Crippen LogP contribution in [-0.2, 0) is 13.1 Å². The zero-order chi connectivity index (χ0) is 16.5. The molecule has 0 aliphatic carbocycles. The molecule has 0 aliphatic rings. The van der Waals surface area contributed by atoms with Gasteiger partial charge in [0.1, 0.15) is 5.75 Å². The van der Waals surface area contributed by atoms with Crippen molar-refractivity contribution in [3.8, 4) is 5.75 Å². The number of aliphatic hydroxyl groups is 1. The van der Waals surface area contributed by atoms with Crippen molar-refractivity contribution in [3.63, 3.8) is 0 Å². The number of methoxy groups -OCH3 is 1. The van der Waals surface area contributed by atoms with Crippen molar-refractivity contribution in [3.05, 3.63) is 65.7 Å². The van der Waals surface area contributed by atoms with Crippen LogP contribution >= 0.6 is 0 Å². The Hall–Kier alpha value is -1.84. The average molecular weight is 313 g/mol. The zero-order valence-electron chi connectivity index (χ0n) is 14.1. The molecule has 2 aromatic rings. The molecule has 0 saturated carbocycles. The second kappa shape index (κ2) is 9.33. The van der Waals surface area contributed by atoms with E-state index in [0.29, 0.717) is 6.54 Å². The SMILES string of the molecule is CCCC(O)CN(Cc1ccccc1)Cc1ccccc1OC. The number of hydrogen-bond donors (Lipinski definition) is 1. The summed E-state index contributed by atoms with van der Waals surface area (Å²) in [5.41, 5.74) is 2.40. The summed E-state index contributed by atoms with van der Waals surface area (Å²) in [5, 5.41) is 10.2. The summed E-state index contributed by atoms with van der Waals surface area (Å²) in [5.74, 6) is 0.899. The topological polar surface area (TPSA) is 32.7 Å². The lowest BCUT2D eigenvalue weighted by atomic mass is 10.1. The molecule has 1 N–H and O–H groups in total. The molecule has 1 atom stereocenters. The Morgan fingerprint density at radius 2 is 1.70 bits per heavy atom. The number of hydrogen-bond acceptors (Lipinski definition) is 3. The van der Waals surface area contributed by atoms with Crippen LogP contribution in [0.4, 0.5) is 0 Å². The highest BCUT2D eigenvalue weighted by Gasteiger charge is 2.14. The molecule has 0 heterocycles. The fourth-order valence-electron chi connectivity index (χ4n) is 2.82. The van der Waals surface area contributed by atoms with Crippen molar-refractivity contribution in [2.45, 2.75) is 39.0 Å². The third-order valence-corrected chi connectivity index (χ3v) is 3.93. The Morgan fingerprint density at radius 1 is 1.00 bits per heavy atom. The van der Waals surface area contributed by atoms with E-state index in [1.165, 1.54) is 5.56 Å². The molecule has 0 radical (unpaired) electrons. The summed E-state index contributed by atoms with van der Waals surface area (Å²) in [4.78, 5) is 2.29. The summed E-state index contributed by atoms with van der Waals surface area (Å²) in [7, 11) is 1.70. The molecule has 23 heavy (non-hydrogen) atoms. The van der Waals surface area contributed by atoms with Crippen LogP contribution in [0.25, 0.3) is 0 Å². The molecule has 2 aromatic carbocycles. The number of ether oxygens (including phenoxy) is 1. The molecule has 0 aliphatic heterocycles. The van der Waals surface area contributed by atoms with Gasteiger partial charge >= 0.3 is 0 Å². The van der Waals surface area contributed by atoms with Gasteiger partial charge in [-0.1, -0.05) is 61.9 Å². The van der Waals surface area contributed by atoms with Crippen molar-refractivity contribution in [1.82, 2.24) is 4.90 Å². The van der Waals surface area contributed by atoms with Gasteiger partial charge in [0.25, 0.3) is 0 Å². The summed E-state index contributed by atoms with van der Waals surface area (Å²) in [6.45, 7) is 4.35. The molecule has 124 valence electrons. The highest BCUT2D eigenvalue weighted by Crippen LogP contribution is 2.20. The van der Waals surface area contributed by atoms with Crippen LogP contribution in [0.15, 0.2) is 54.6 Å². The quantitative estimate of drug-likeness (QED) is 0.763. The predicted molar refractivity (Wildman–Crippen MR) is 94.5 cm³/mol. The summed E-state index contributed by atoms with van der Waals surface area (Å²) >= 11 is 0. The van der Waals surface area contributed by atoms with Crippen molar-refractivity contribution in [2.24, 2.45) is 0 Å². The van der Waals surface area contributed by atoms with Crippen molar-refractivity contribution in [1.29, 1.82) is 0 Å². The maximum absolute atomic E-state index is 10.2. The normalized spacial score (nSPS) is 12.3. The second-order valence-electron chi connectivity index (χ2n) is 5.91. The van der Waals surface area contributed by atoms with E-state index in [2.05, 4.69) is 42.2 Å². The van der Waals surface area contributed by atoms with Gasteiger partial charge in [0, 0.05) is 25.2 Å². The van der Waals surface area contributed by atoms with Crippen LogP contribution in [0.2, 0.25) is 0 Å². The van der Waals surface area contributed by atoms with E-state index in [1.54, 1.807) is 7.11 Å². The molecule has 1 unspecified atom stereocenters. The van der Waals surface area contributed by atoms with E-state index < -0.39 is 0 Å². The van der Waals surface area contributed by atoms with E-state index in [9.17, 15) is 5.11 Å². The fraction of sp³-hybridized carbons (Fsp3) is 0.400. The first-order chi connectivity index (χ1) is 11.2. The maximum atomic E-state index is 10.2. The molecule has 0 saturated heterocycles. The molecular formula is C20H27NO2. The van der Waals surface area contributed by atoms with Gasteiger partial charge in [-0.25, -0.2) is 0 Å². The average Bonchev–Trinajstić information content (AvgIpc) is 2.56. The molecule has 3 nitrogen and oxygen atoms in total. The Kier molecular flexibility index (Phi) is 7.11. The lowest BCUT2D eigenvalue weighted by Gasteiger charge is -2.26. The van der Waals surface area contributed by atoms with Gasteiger partial charge in [-0.3, -0.25) is 4.90 Å². The van der Waals surface area contributed by atoms with E-state index in [0.717, 1.165) is 37.2 Å². The molecule has 0 spiro atoms. The zero-order valence-corrected chi connectivity index (χ0v) is 14.1. The van der Waals surface area contributed by atoms with E-state index in [4.69, 9.17) is 4.74 Å². The largest absolute Gasteiger partial charge is 0.496 e. The van der Waals surface area contributed by atoms with Gasteiger partial charge in [0.15, 0.2) is 0 Å². The van der Waals surface area contributed by atoms with Crippen LogP contribution in [-0.4, -0.2) is 29.8 Å². The number of nitrogens with zero attached hydrogens (tertiary/aromatic N) is 1. The monoisotopic (exact) mass is 313 g/mol. The smallest absolute Gasteiger partial charge is 0.123 e. The minimum atomic E-state index is -0.293. The molecule has 0 fully saturated rings. The van der Waals surface area contributed by atoms with Gasteiger partial charge in [0.05, 0.1) is 13.2 Å². The standard InChI is InChI=1S/C20H27NO2/c1-3-9-19(22)16-21(14-17-10-5-4-6-11-17)15-18-12-7-8-13-20(18)23-2/h4-8,10-13,19,22H,3,9,14-16H2,1-2H3. The molecule has 2 rings (SSSR count). The maximum Gasteiger partial charge on any atom is 0.123 e. The first-order valence-electron chi connectivity index (χ1n) is 8.29. The minimum absolute atomic E-state index is 0.293. The van der Waals surface area contributed by atoms with Gasteiger partial charge in [-0.05, 0) is 18.1 Å². The van der Waals surface area contributed by atoms with Crippen molar-refractivity contribution in [2.75, 3.05) is 13.7 Å². The number of rotatable bonds is 9. The van der Waals surface area contributed by atoms with E-state index in [1.807, 2.05) is 24.3 Å². The Labute approximate surface area is 139 Å². The number of aliphatic hydroxyl groups excluding tert-OH is 1. The Bertz CT molecular complexity index is 571. The van der Waals surface area contributed by atoms with Crippen molar-refractivity contribution >= 4 is 0 Å². The second-order valence-corrected chi connectivity index (χ2v) is 5.91. The summed E-state index contributed by atoms with van der Waals surface area (Å²) in [6.07, 6.45) is 1.53. The molecular weight excluding hydrogens is 286 g/mol. The summed E-state index contributed by atoms with van der Waals surface area (Å²) in [6, 6.07) is 18.5. The number of para-hydroxylation sites is 1. The first kappa shape index (κ1) is 17.5. The van der Waals surface area contributed by atoms with Crippen LogP contribution < -0.4 is 4.74 Å². The highest BCUT2D eigenvalue weighted by atomic mass is 16.5. The molecule has 0 aromatic heterocycles. The Morgan fingerprint density at radius 3 is 2.39 bits per heavy atom. The van der Waals surface area contributed by atoms with Crippen LogP contribution in [0.1, 0.15) is 30.9 Å². The lowest BCUT2D eigenvalue weighted by Crippen LogP contribution is -2.31. The highest BCUT2D eigenvalue weighted by molar-refractivity contribution is 5.33. The third kappa shape index (κ3) is 5.70. The van der Waals surface area contributed by atoms with Gasteiger partial charge in [0.2, 0.25) is 0 Å². The Balaban J connectivity index is 2.12. The van der Waals surface area contributed by atoms with Crippen LogP contribution in [0, 0.1) is 0 Å². The molecule has 0 bridgehead atoms. The minimum Gasteiger partial charge on any atom is -0.496 e. The molecule has 3 heteroatoms. The summed E-state index contributed by atoms with van der Waals surface area (Å²) < 4.78 is 5.46. The van der Waals surface area contributed by atoms with Crippen molar-refractivity contribution < 1.29 is 9.84 Å². The van der Waals surface area contributed by atoms with Crippen LogP contribution in [0.3, 0.4) is 0 Å². The first-order valence-corrected chi connectivity index (χ1v) is 8.29. The van der Waals surface area contributed by atoms with Gasteiger partial charge < -0.3 is 9.84 Å². The molecule has 0 amide bonds.